The summed E-state index contributed by atoms with van der Waals surface area (Å²) < 4.78 is 0.618. The Hall–Kier alpha value is -2.41. The Morgan fingerprint density at radius 3 is 2.71 bits per heavy atom. The summed E-state index contributed by atoms with van der Waals surface area (Å²) in [5.74, 6) is -0.203. The predicted molar refractivity (Wildman–Crippen MR) is 82.9 cm³/mol. The number of nitrogens with zero attached hydrogens (tertiary/aromatic N) is 2. The number of halogens is 1. The summed E-state index contributed by atoms with van der Waals surface area (Å²) in [5.41, 5.74) is 1.73. The number of hydrogen-bond acceptors (Lipinski definition) is 4. The quantitative estimate of drug-likeness (QED) is 0.666. The summed E-state index contributed by atoms with van der Waals surface area (Å²) in [5, 5.41) is 14.0. The van der Waals surface area contributed by atoms with Gasteiger partial charge in [0, 0.05) is 10.5 Å². The van der Waals surface area contributed by atoms with Gasteiger partial charge in [-0.25, -0.2) is 0 Å². The van der Waals surface area contributed by atoms with Crippen LogP contribution < -0.4 is 10.2 Å². The molecule has 106 valence electrons. The van der Waals surface area contributed by atoms with Gasteiger partial charge in [0.1, 0.15) is 12.2 Å². The third-order valence-corrected chi connectivity index (χ3v) is 3.69. The lowest BCUT2D eigenvalue weighted by Crippen LogP contribution is -2.35. The number of para-hydroxylation sites is 2. The summed E-state index contributed by atoms with van der Waals surface area (Å²) in [6, 6.07) is 12.0. The van der Waals surface area contributed by atoms with Crippen LogP contribution in [0, 0.1) is 10.1 Å². The highest BCUT2D eigenvalue weighted by molar-refractivity contribution is 9.10. The number of fused-ring (bicyclic) bond motifs is 1. The molecule has 1 heterocycles. The number of hydrogen-bond donors (Lipinski definition) is 1. The topological polar surface area (TPSA) is 75.5 Å². The zero-order chi connectivity index (χ0) is 15.0. The van der Waals surface area contributed by atoms with E-state index in [0.29, 0.717) is 15.8 Å². The fourth-order valence-corrected chi connectivity index (χ4v) is 2.67. The van der Waals surface area contributed by atoms with Crippen molar-refractivity contribution in [3.05, 3.63) is 57.1 Å². The Morgan fingerprint density at radius 1 is 1.19 bits per heavy atom. The van der Waals surface area contributed by atoms with E-state index in [0.717, 1.165) is 5.69 Å². The van der Waals surface area contributed by atoms with E-state index in [4.69, 9.17) is 0 Å². The zero-order valence-corrected chi connectivity index (χ0v) is 12.3. The van der Waals surface area contributed by atoms with Gasteiger partial charge in [0.25, 0.3) is 5.69 Å². The maximum absolute atomic E-state index is 11.8. The van der Waals surface area contributed by atoms with Gasteiger partial charge in [0.2, 0.25) is 5.91 Å². The number of nitrogens with one attached hydrogen (secondary N) is 1. The zero-order valence-electron chi connectivity index (χ0n) is 10.7. The summed E-state index contributed by atoms with van der Waals surface area (Å²) >= 11 is 3.23. The predicted octanol–water partition coefficient (Wildman–Crippen LogP) is 3.45. The van der Waals surface area contributed by atoms with Gasteiger partial charge in [0.05, 0.1) is 16.3 Å². The van der Waals surface area contributed by atoms with Gasteiger partial charge in [-0.2, -0.15) is 0 Å². The molecule has 0 radical (unpaired) electrons. The van der Waals surface area contributed by atoms with Gasteiger partial charge in [-0.05, 0) is 24.3 Å². The molecule has 0 aromatic heterocycles. The molecule has 6 nitrogen and oxygen atoms in total. The number of nitro groups is 1. The molecule has 0 saturated heterocycles. The number of rotatable bonds is 2. The largest absolute Gasteiger partial charge is 0.325 e. The first-order chi connectivity index (χ1) is 10.1. The summed E-state index contributed by atoms with van der Waals surface area (Å²) in [6.07, 6.45) is 0. The maximum atomic E-state index is 11.8. The fraction of sp³-hybridized carbons (Fsp3) is 0.0714. The van der Waals surface area contributed by atoms with Crippen LogP contribution in [0.2, 0.25) is 0 Å². The minimum Gasteiger partial charge on any atom is -0.325 e. The summed E-state index contributed by atoms with van der Waals surface area (Å²) in [4.78, 5) is 24.3. The van der Waals surface area contributed by atoms with Gasteiger partial charge in [-0.15, -0.1) is 0 Å². The van der Waals surface area contributed by atoms with Crippen LogP contribution >= 0.6 is 15.9 Å². The molecule has 0 fully saturated rings. The van der Waals surface area contributed by atoms with Crippen molar-refractivity contribution < 1.29 is 9.72 Å². The molecular formula is C14H10BrN3O3. The summed E-state index contributed by atoms with van der Waals surface area (Å²) in [6.45, 7) is 0.0412. The number of benzene rings is 2. The highest BCUT2D eigenvalue weighted by atomic mass is 79.9. The molecule has 7 heteroatoms. The maximum Gasteiger partial charge on any atom is 0.294 e. The van der Waals surface area contributed by atoms with Gasteiger partial charge in [0.15, 0.2) is 0 Å². The Bertz CT molecular complexity index is 748. The molecule has 0 spiro atoms. The third-order valence-electron chi connectivity index (χ3n) is 3.20. The second-order valence-electron chi connectivity index (χ2n) is 4.54. The lowest BCUT2D eigenvalue weighted by Gasteiger charge is -2.30. The molecule has 0 saturated carbocycles. The van der Waals surface area contributed by atoms with Crippen molar-refractivity contribution in [2.75, 3.05) is 16.8 Å². The number of amides is 1. The van der Waals surface area contributed by atoms with Crippen molar-refractivity contribution in [3.63, 3.8) is 0 Å². The van der Waals surface area contributed by atoms with Crippen molar-refractivity contribution in [3.8, 4) is 0 Å². The van der Waals surface area contributed by atoms with Gasteiger partial charge >= 0.3 is 0 Å². The average Bonchev–Trinajstić information content (AvgIpc) is 2.46. The molecule has 1 amide bonds. The van der Waals surface area contributed by atoms with E-state index in [-0.39, 0.29) is 18.1 Å². The Labute approximate surface area is 128 Å². The second kappa shape index (κ2) is 5.17. The van der Waals surface area contributed by atoms with Crippen molar-refractivity contribution in [2.45, 2.75) is 0 Å². The van der Waals surface area contributed by atoms with Crippen LogP contribution in [0.3, 0.4) is 0 Å². The number of carbonyl (C=O) groups is 1. The molecule has 0 atom stereocenters. The van der Waals surface area contributed by atoms with E-state index in [2.05, 4.69) is 21.2 Å². The Morgan fingerprint density at radius 2 is 1.95 bits per heavy atom. The first kappa shape index (κ1) is 13.6. The normalized spacial score (nSPS) is 13.6. The molecule has 21 heavy (non-hydrogen) atoms. The van der Waals surface area contributed by atoms with Gasteiger partial charge in [-0.1, -0.05) is 28.1 Å². The lowest BCUT2D eigenvalue weighted by atomic mass is 10.1. The molecular weight excluding hydrogens is 338 g/mol. The lowest BCUT2D eigenvalue weighted by molar-refractivity contribution is -0.384. The Kier molecular flexibility index (Phi) is 3.34. The van der Waals surface area contributed by atoms with Gasteiger partial charge < -0.3 is 10.2 Å². The molecule has 2 aromatic rings. The van der Waals surface area contributed by atoms with Crippen LogP contribution in [-0.2, 0) is 4.79 Å². The van der Waals surface area contributed by atoms with Crippen LogP contribution in [0.4, 0.5) is 22.7 Å². The SMILES string of the molecule is O=C1CN(c2ccc(Br)cc2[N+](=O)[O-])c2ccccc2N1. The molecule has 0 bridgehead atoms. The monoisotopic (exact) mass is 347 g/mol. The third kappa shape index (κ3) is 2.47. The first-order valence-corrected chi connectivity index (χ1v) is 6.96. The van der Waals surface area contributed by atoms with Crippen molar-refractivity contribution >= 4 is 44.6 Å². The summed E-state index contributed by atoms with van der Waals surface area (Å²) in [7, 11) is 0. The van der Waals surface area contributed by atoms with Crippen molar-refractivity contribution in [1.29, 1.82) is 0 Å². The fourth-order valence-electron chi connectivity index (χ4n) is 2.32. The van der Waals surface area contributed by atoms with Crippen LogP contribution in [0.25, 0.3) is 0 Å². The highest BCUT2D eigenvalue weighted by Crippen LogP contribution is 2.40. The number of carbonyl (C=O) groups excluding carboxylic acids is 1. The van der Waals surface area contributed by atoms with E-state index >= 15 is 0 Å². The van der Waals surface area contributed by atoms with E-state index in [1.807, 2.05) is 12.1 Å². The Balaban J connectivity index is 2.17. The number of nitro benzene ring substituents is 1. The second-order valence-corrected chi connectivity index (χ2v) is 5.46. The van der Waals surface area contributed by atoms with Gasteiger partial charge in [-0.3, -0.25) is 14.9 Å². The van der Waals surface area contributed by atoms with Crippen LogP contribution in [0.15, 0.2) is 46.9 Å². The van der Waals surface area contributed by atoms with Crippen LogP contribution in [-0.4, -0.2) is 17.4 Å². The van der Waals surface area contributed by atoms with Crippen LogP contribution in [0.1, 0.15) is 0 Å². The molecule has 2 aromatic carbocycles. The minimum atomic E-state index is -0.449. The first-order valence-electron chi connectivity index (χ1n) is 6.16. The molecule has 1 N–H and O–H groups in total. The van der Waals surface area contributed by atoms with Crippen molar-refractivity contribution in [1.82, 2.24) is 0 Å². The van der Waals surface area contributed by atoms with Crippen molar-refractivity contribution in [2.24, 2.45) is 0 Å². The van der Waals surface area contributed by atoms with E-state index in [1.54, 1.807) is 29.2 Å². The molecule has 1 aliphatic heterocycles. The smallest absolute Gasteiger partial charge is 0.294 e. The molecule has 0 aliphatic carbocycles. The number of anilines is 3. The standard InChI is InChI=1S/C14H10BrN3O3/c15-9-5-6-12(13(7-9)18(20)21)17-8-14(19)16-10-3-1-2-4-11(10)17/h1-7H,8H2,(H,16,19). The highest BCUT2D eigenvalue weighted by Gasteiger charge is 2.28. The molecule has 1 aliphatic rings. The molecule has 0 unspecified atom stereocenters. The molecule has 3 rings (SSSR count). The minimum absolute atomic E-state index is 0.0412. The average molecular weight is 348 g/mol. The van der Waals surface area contributed by atoms with Crippen LogP contribution in [0.5, 0.6) is 0 Å². The van der Waals surface area contributed by atoms with E-state index in [9.17, 15) is 14.9 Å². The van der Waals surface area contributed by atoms with E-state index in [1.165, 1.54) is 6.07 Å². The van der Waals surface area contributed by atoms with E-state index < -0.39 is 4.92 Å².